The van der Waals surface area contributed by atoms with Crippen LogP contribution in [0.1, 0.15) is 25.5 Å². The van der Waals surface area contributed by atoms with Crippen molar-refractivity contribution >= 4 is 0 Å². The molecule has 1 aromatic heterocycles. The van der Waals surface area contributed by atoms with E-state index in [0.29, 0.717) is 6.42 Å². The fourth-order valence-electron chi connectivity index (χ4n) is 2.00. The van der Waals surface area contributed by atoms with E-state index in [2.05, 4.69) is 4.98 Å². The summed E-state index contributed by atoms with van der Waals surface area (Å²) < 4.78 is 5.60. The van der Waals surface area contributed by atoms with Crippen LogP contribution in [-0.4, -0.2) is 28.4 Å². The van der Waals surface area contributed by atoms with Gasteiger partial charge >= 0.3 is 0 Å². The number of aromatic nitrogens is 1. The van der Waals surface area contributed by atoms with Crippen molar-refractivity contribution in [1.29, 1.82) is 0 Å². The molecule has 1 saturated heterocycles. The second kappa shape index (κ2) is 4.29. The van der Waals surface area contributed by atoms with E-state index in [4.69, 9.17) is 4.74 Å². The van der Waals surface area contributed by atoms with E-state index in [0.717, 1.165) is 25.1 Å². The van der Waals surface area contributed by atoms with Crippen molar-refractivity contribution in [1.82, 2.24) is 4.98 Å². The van der Waals surface area contributed by atoms with E-state index < -0.39 is 6.10 Å². The maximum absolute atomic E-state index is 10.1. The quantitative estimate of drug-likeness (QED) is 0.817. The minimum absolute atomic E-state index is 0.377. The fourth-order valence-corrected chi connectivity index (χ4v) is 2.00. The van der Waals surface area contributed by atoms with E-state index >= 15 is 0 Å². The van der Waals surface area contributed by atoms with Gasteiger partial charge in [0.05, 0.1) is 11.7 Å². The Morgan fingerprint density at radius 1 is 1.60 bits per heavy atom. The van der Waals surface area contributed by atoms with Crippen LogP contribution in [0.15, 0.2) is 24.4 Å². The van der Waals surface area contributed by atoms with Crippen molar-refractivity contribution in [2.45, 2.75) is 37.9 Å². The Hall–Kier alpha value is -0.930. The lowest BCUT2D eigenvalue weighted by Gasteiger charge is -2.29. The van der Waals surface area contributed by atoms with Crippen LogP contribution in [0.4, 0.5) is 0 Å². The number of pyridine rings is 1. The molecule has 1 aliphatic heterocycles. The van der Waals surface area contributed by atoms with Crippen LogP contribution in [0, 0.1) is 0 Å². The van der Waals surface area contributed by atoms with Crippen LogP contribution >= 0.6 is 0 Å². The summed E-state index contributed by atoms with van der Waals surface area (Å²) in [6.45, 7) is 2.74. The molecule has 1 fully saturated rings. The Morgan fingerprint density at radius 2 is 2.47 bits per heavy atom. The minimum atomic E-state index is -0.463. The summed E-state index contributed by atoms with van der Waals surface area (Å²) in [5.41, 5.74) is 0.541. The van der Waals surface area contributed by atoms with Gasteiger partial charge in [0.15, 0.2) is 0 Å². The van der Waals surface area contributed by atoms with Gasteiger partial charge in [0.2, 0.25) is 0 Å². The molecule has 0 saturated carbocycles. The number of rotatable bonds is 3. The molecule has 0 spiro atoms. The first kappa shape index (κ1) is 10.6. The van der Waals surface area contributed by atoms with Gasteiger partial charge in [-0.15, -0.1) is 0 Å². The summed E-state index contributed by atoms with van der Waals surface area (Å²) in [4.78, 5) is 4.21. The van der Waals surface area contributed by atoms with Gasteiger partial charge in [0.1, 0.15) is 0 Å². The standard InChI is InChI=1S/C12H17NO2/c1-12(6-4-8-15-12)11(14)9-10-5-2-3-7-13-10/h2-3,5,7,11,14H,4,6,8-9H2,1H3. The average Bonchev–Trinajstić information content (AvgIpc) is 2.68. The molecule has 0 radical (unpaired) electrons. The topological polar surface area (TPSA) is 42.4 Å². The second-order valence-corrected chi connectivity index (χ2v) is 4.31. The van der Waals surface area contributed by atoms with E-state index in [-0.39, 0.29) is 5.60 Å². The van der Waals surface area contributed by atoms with E-state index in [1.54, 1.807) is 6.20 Å². The molecule has 2 heterocycles. The number of aliphatic hydroxyl groups excluding tert-OH is 1. The molecule has 3 heteroatoms. The zero-order valence-electron chi connectivity index (χ0n) is 9.02. The number of nitrogens with zero attached hydrogens (tertiary/aromatic N) is 1. The number of hydrogen-bond acceptors (Lipinski definition) is 3. The fraction of sp³-hybridized carbons (Fsp3) is 0.583. The Kier molecular flexibility index (Phi) is 3.03. The summed E-state index contributed by atoms with van der Waals surface area (Å²) >= 11 is 0. The third-order valence-corrected chi connectivity index (χ3v) is 3.08. The molecular formula is C12H17NO2. The molecule has 0 amide bonds. The molecule has 2 unspecified atom stereocenters. The van der Waals surface area contributed by atoms with Crippen LogP contribution in [0.25, 0.3) is 0 Å². The summed E-state index contributed by atoms with van der Waals surface area (Å²) in [6.07, 6.45) is 3.82. The molecule has 3 nitrogen and oxygen atoms in total. The van der Waals surface area contributed by atoms with Gasteiger partial charge in [0.25, 0.3) is 0 Å². The molecule has 0 aliphatic carbocycles. The van der Waals surface area contributed by atoms with Crippen molar-refractivity contribution in [2.24, 2.45) is 0 Å². The molecule has 15 heavy (non-hydrogen) atoms. The second-order valence-electron chi connectivity index (χ2n) is 4.31. The Labute approximate surface area is 90.1 Å². The lowest BCUT2D eigenvalue weighted by Crippen LogP contribution is -2.40. The summed E-state index contributed by atoms with van der Waals surface area (Å²) in [5, 5.41) is 10.1. The monoisotopic (exact) mass is 207 g/mol. The molecule has 1 N–H and O–H groups in total. The average molecular weight is 207 g/mol. The largest absolute Gasteiger partial charge is 0.390 e. The van der Waals surface area contributed by atoms with Gasteiger partial charge in [0, 0.05) is 24.9 Å². The van der Waals surface area contributed by atoms with Crippen LogP contribution < -0.4 is 0 Å². The van der Waals surface area contributed by atoms with E-state index in [9.17, 15) is 5.11 Å². The molecule has 0 aromatic carbocycles. The SMILES string of the molecule is CC1(C(O)Cc2ccccn2)CCCO1. The van der Waals surface area contributed by atoms with Gasteiger partial charge in [-0.05, 0) is 31.9 Å². The van der Waals surface area contributed by atoms with Crippen molar-refractivity contribution in [3.63, 3.8) is 0 Å². The molecule has 2 atom stereocenters. The van der Waals surface area contributed by atoms with Crippen molar-refractivity contribution in [3.8, 4) is 0 Å². The van der Waals surface area contributed by atoms with Crippen LogP contribution in [0.5, 0.6) is 0 Å². The normalized spacial score (nSPS) is 27.9. The summed E-state index contributed by atoms with van der Waals surface area (Å²) in [5.74, 6) is 0. The van der Waals surface area contributed by atoms with Crippen LogP contribution in [0.3, 0.4) is 0 Å². The third-order valence-electron chi connectivity index (χ3n) is 3.08. The van der Waals surface area contributed by atoms with Crippen LogP contribution in [0.2, 0.25) is 0 Å². The molecular weight excluding hydrogens is 190 g/mol. The molecule has 1 aromatic rings. The Morgan fingerprint density at radius 3 is 3.07 bits per heavy atom. The lowest BCUT2D eigenvalue weighted by molar-refractivity contribution is -0.0771. The first-order valence-corrected chi connectivity index (χ1v) is 5.43. The Balaban J connectivity index is 2.00. The van der Waals surface area contributed by atoms with E-state index in [1.165, 1.54) is 0 Å². The number of aliphatic hydroxyl groups is 1. The smallest absolute Gasteiger partial charge is 0.0916 e. The highest BCUT2D eigenvalue weighted by Gasteiger charge is 2.37. The van der Waals surface area contributed by atoms with Crippen molar-refractivity contribution < 1.29 is 9.84 Å². The number of ether oxygens (including phenoxy) is 1. The van der Waals surface area contributed by atoms with Gasteiger partial charge in [-0.2, -0.15) is 0 Å². The minimum Gasteiger partial charge on any atom is -0.390 e. The maximum Gasteiger partial charge on any atom is 0.0916 e. The molecule has 1 aliphatic rings. The highest BCUT2D eigenvalue weighted by Crippen LogP contribution is 2.29. The zero-order chi connectivity index (χ0) is 10.7. The lowest BCUT2D eigenvalue weighted by atomic mass is 9.92. The number of hydrogen-bond donors (Lipinski definition) is 1. The highest BCUT2D eigenvalue weighted by atomic mass is 16.5. The molecule has 2 rings (SSSR count). The first-order valence-electron chi connectivity index (χ1n) is 5.43. The van der Waals surface area contributed by atoms with E-state index in [1.807, 2.05) is 25.1 Å². The molecule has 82 valence electrons. The first-order chi connectivity index (χ1) is 7.21. The van der Waals surface area contributed by atoms with Gasteiger partial charge in [-0.25, -0.2) is 0 Å². The highest BCUT2D eigenvalue weighted by molar-refractivity contribution is 5.06. The summed E-state index contributed by atoms with van der Waals surface area (Å²) in [6, 6.07) is 5.75. The van der Waals surface area contributed by atoms with Gasteiger partial charge < -0.3 is 9.84 Å². The predicted molar refractivity (Wildman–Crippen MR) is 57.5 cm³/mol. The third kappa shape index (κ3) is 2.36. The summed E-state index contributed by atoms with van der Waals surface area (Å²) in [7, 11) is 0. The Bertz CT molecular complexity index is 307. The van der Waals surface area contributed by atoms with Gasteiger partial charge in [-0.3, -0.25) is 4.98 Å². The zero-order valence-corrected chi connectivity index (χ0v) is 9.02. The maximum atomic E-state index is 10.1. The van der Waals surface area contributed by atoms with Crippen molar-refractivity contribution in [2.75, 3.05) is 6.61 Å². The van der Waals surface area contributed by atoms with Crippen molar-refractivity contribution in [3.05, 3.63) is 30.1 Å². The molecule has 0 bridgehead atoms. The van der Waals surface area contributed by atoms with Gasteiger partial charge in [-0.1, -0.05) is 6.07 Å². The van der Waals surface area contributed by atoms with Crippen LogP contribution in [-0.2, 0) is 11.2 Å². The predicted octanol–water partition coefficient (Wildman–Crippen LogP) is 1.55.